The van der Waals surface area contributed by atoms with Gasteiger partial charge in [-0.05, 0) is 6.42 Å². The van der Waals surface area contributed by atoms with Crippen LogP contribution >= 0.6 is 8.03 Å². The van der Waals surface area contributed by atoms with Gasteiger partial charge in [-0.1, -0.05) is 19.8 Å². The fourth-order valence-corrected chi connectivity index (χ4v) is 1.70. The highest BCUT2D eigenvalue weighted by Gasteiger charge is 2.11. The molecule has 0 aromatic carbocycles. The molecule has 0 aliphatic rings. The number of aromatic nitrogens is 2. The van der Waals surface area contributed by atoms with E-state index in [1.165, 1.54) is 10.9 Å². The molecule has 0 saturated carbocycles. The molecule has 1 aromatic heterocycles. The molecule has 0 radical (unpaired) electrons. The lowest BCUT2D eigenvalue weighted by Crippen LogP contribution is -1.98. The van der Waals surface area contributed by atoms with Gasteiger partial charge in [-0.2, -0.15) is 0 Å². The molecule has 0 aliphatic heterocycles. The fraction of sp³-hybridized carbons (Fsp3) is 0.625. The van der Waals surface area contributed by atoms with Crippen LogP contribution in [0.1, 0.15) is 26.2 Å². The summed E-state index contributed by atoms with van der Waals surface area (Å²) < 4.78 is 12.2. The van der Waals surface area contributed by atoms with Crippen molar-refractivity contribution >= 4 is 13.3 Å². The Morgan fingerprint density at radius 2 is 2.29 bits per heavy atom. The van der Waals surface area contributed by atoms with Crippen molar-refractivity contribution in [1.29, 1.82) is 0 Å². The lowest BCUT2D eigenvalue weighted by molar-refractivity contribution is 0.434. The zero-order valence-electron chi connectivity index (χ0n) is 8.10. The third kappa shape index (κ3) is 2.86. The Bertz CT molecular complexity index is 324. The van der Waals surface area contributed by atoms with Crippen LogP contribution in [-0.2, 0) is 11.1 Å². The van der Waals surface area contributed by atoms with Crippen molar-refractivity contribution in [3.63, 3.8) is 0 Å². The normalized spacial score (nSPS) is 13.0. The number of aryl methyl sites for hydroxylation is 1. The summed E-state index contributed by atoms with van der Waals surface area (Å²) in [6.45, 7) is 2.77. The quantitative estimate of drug-likeness (QED) is 0.568. The molecule has 80 valence electrons. The van der Waals surface area contributed by atoms with Gasteiger partial charge in [-0.3, -0.25) is 9.25 Å². The van der Waals surface area contributed by atoms with Gasteiger partial charge in [0.15, 0.2) is 0 Å². The van der Waals surface area contributed by atoms with Gasteiger partial charge in [0, 0.05) is 12.7 Å². The maximum Gasteiger partial charge on any atom is 0.243 e. The van der Waals surface area contributed by atoms with Crippen LogP contribution in [0.25, 0.3) is 0 Å². The molecular weight excluding hydrogens is 203 g/mol. The van der Waals surface area contributed by atoms with Crippen molar-refractivity contribution in [3.8, 4) is 5.88 Å². The molecule has 1 rings (SSSR count). The second-order valence-electron chi connectivity index (χ2n) is 3.14. The molecule has 0 saturated heterocycles. The highest BCUT2D eigenvalue weighted by Crippen LogP contribution is 2.19. The summed E-state index contributed by atoms with van der Waals surface area (Å²) in [6, 6.07) is 0. The third-order valence-electron chi connectivity index (χ3n) is 1.96. The number of rotatable bonds is 5. The lowest BCUT2D eigenvalue weighted by atomic mass is 10.2. The summed E-state index contributed by atoms with van der Waals surface area (Å²) in [4.78, 5) is 8.82. The average Bonchev–Trinajstić information content (AvgIpc) is 2.47. The molecule has 0 aliphatic carbocycles. The maximum atomic E-state index is 10.7. The smallest absolute Gasteiger partial charge is 0.243 e. The van der Waals surface area contributed by atoms with Gasteiger partial charge < -0.3 is 10.00 Å². The van der Waals surface area contributed by atoms with E-state index >= 15 is 0 Å². The second-order valence-corrected chi connectivity index (χ2v) is 4.29. The highest BCUT2D eigenvalue weighted by atomic mass is 31.1. The Labute approximate surface area is 83.2 Å². The Morgan fingerprint density at radius 1 is 1.57 bits per heavy atom. The first kappa shape index (κ1) is 11.3. The Balaban J connectivity index is 2.62. The molecule has 1 unspecified atom stereocenters. The molecule has 1 atom stereocenters. The largest absolute Gasteiger partial charge is 0.492 e. The van der Waals surface area contributed by atoms with Gasteiger partial charge in [-0.15, -0.1) is 5.10 Å². The van der Waals surface area contributed by atoms with E-state index in [0.717, 1.165) is 19.3 Å². The Morgan fingerprint density at radius 3 is 2.79 bits per heavy atom. The number of unbranched alkanes of at least 4 members (excludes halogenated alkanes) is 2. The summed E-state index contributed by atoms with van der Waals surface area (Å²) >= 11 is 0. The number of aromatic hydroxyl groups is 1. The van der Waals surface area contributed by atoms with Crippen LogP contribution in [0.3, 0.4) is 0 Å². The van der Waals surface area contributed by atoms with E-state index in [2.05, 4.69) is 12.0 Å². The van der Waals surface area contributed by atoms with Crippen molar-refractivity contribution in [2.75, 3.05) is 0 Å². The maximum absolute atomic E-state index is 10.7. The first-order valence-electron chi connectivity index (χ1n) is 4.65. The zero-order chi connectivity index (χ0) is 10.6. The van der Waals surface area contributed by atoms with E-state index in [9.17, 15) is 9.67 Å². The summed E-state index contributed by atoms with van der Waals surface area (Å²) in [6.07, 6.45) is 4.59. The molecule has 1 heterocycles. The Hall–Kier alpha value is -0.800. The molecule has 0 amide bonds. The van der Waals surface area contributed by atoms with Gasteiger partial charge in [0.1, 0.15) is 5.30 Å². The molecular formula is C8H15N2O3P. The third-order valence-corrected chi connectivity index (χ3v) is 2.78. The van der Waals surface area contributed by atoms with E-state index in [1.54, 1.807) is 0 Å². The minimum atomic E-state index is -2.83. The molecule has 0 spiro atoms. The standard InChI is InChI=1S/C8H15N2O3P/c1-2-3-4-5-10-6-7(14(12)13)8(11)9-10/h6,14H,2-5H2,1H3,(H,9,11)(H,12,13). The van der Waals surface area contributed by atoms with Crippen molar-refractivity contribution in [2.24, 2.45) is 0 Å². The predicted molar refractivity (Wildman–Crippen MR) is 54.3 cm³/mol. The van der Waals surface area contributed by atoms with Gasteiger partial charge in [-0.25, -0.2) is 0 Å². The highest BCUT2D eigenvalue weighted by molar-refractivity contribution is 7.47. The average molecular weight is 218 g/mol. The predicted octanol–water partition coefficient (Wildman–Crippen LogP) is 0.871. The van der Waals surface area contributed by atoms with Crippen molar-refractivity contribution < 1.29 is 14.6 Å². The fourth-order valence-electron chi connectivity index (χ4n) is 1.20. The topological polar surface area (TPSA) is 75.4 Å². The van der Waals surface area contributed by atoms with Gasteiger partial charge in [0.2, 0.25) is 13.9 Å². The minimum absolute atomic E-state index is 0.0477. The van der Waals surface area contributed by atoms with Crippen LogP contribution in [0.2, 0.25) is 0 Å². The summed E-state index contributed by atoms with van der Waals surface area (Å²) in [5.41, 5.74) is 0. The second kappa shape index (κ2) is 5.17. The van der Waals surface area contributed by atoms with E-state index in [4.69, 9.17) is 4.89 Å². The van der Waals surface area contributed by atoms with Crippen molar-refractivity contribution in [3.05, 3.63) is 6.20 Å². The molecule has 0 fully saturated rings. The summed E-state index contributed by atoms with van der Waals surface area (Å²) in [5, 5.41) is 13.0. The van der Waals surface area contributed by atoms with Crippen LogP contribution in [0.4, 0.5) is 0 Å². The lowest BCUT2D eigenvalue weighted by Gasteiger charge is -1.98. The molecule has 1 aromatic rings. The van der Waals surface area contributed by atoms with E-state index in [0.29, 0.717) is 6.54 Å². The number of hydrogen-bond acceptors (Lipinski definition) is 3. The van der Waals surface area contributed by atoms with Gasteiger partial charge in [0.25, 0.3) is 0 Å². The van der Waals surface area contributed by atoms with Crippen LogP contribution in [0.5, 0.6) is 5.88 Å². The summed E-state index contributed by atoms with van der Waals surface area (Å²) in [7, 11) is -2.83. The van der Waals surface area contributed by atoms with Crippen LogP contribution in [0, 0.1) is 0 Å². The first-order chi connectivity index (χ1) is 6.65. The van der Waals surface area contributed by atoms with E-state index < -0.39 is 8.03 Å². The van der Waals surface area contributed by atoms with Crippen LogP contribution in [0.15, 0.2) is 6.20 Å². The molecule has 14 heavy (non-hydrogen) atoms. The van der Waals surface area contributed by atoms with E-state index in [-0.39, 0.29) is 11.2 Å². The van der Waals surface area contributed by atoms with Gasteiger partial charge >= 0.3 is 0 Å². The molecule has 5 nitrogen and oxygen atoms in total. The Kier molecular flexibility index (Phi) is 4.17. The van der Waals surface area contributed by atoms with Crippen molar-refractivity contribution in [2.45, 2.75) is 32.7 Å². The molecule has 2 N–H and O–H groups in total. The first-order valence-corrected chi connectivity index (χ1v) is 6.00. The monoisotopic (exact) mass is 218 g/mol. The summed E-state index contributed by atoms with van der Waals surface area (Å²) in [5.74, 6) is -0.326. The molecule has 6 heteroatoms. The van der Waals surface area contributed by atoms with E-state index in [1.807, 2.05) is 0 Å². The van der Waals surface area contributed by atoms with Gasteiger partial charge in [0.05, 0.1) is 0 Å². The number of hydrogen-bond donors (Lipinski definition) is 2. The molecule has 0 bridgehead atoms. The SMILES string of the molecule is CCCCCn1cc([PH](=O)O)c(O)n1. The zero-order valence-corrected chi connectivity index (χ0v) is 9.10. The number of nitrogens with zero attached hydrogens (tertiary/aromatic N) is 2. The van der Waals surface area contributed by atoms with Crippen LogP contribution < -0.4 is 5.30 Å². The minimum Gasteiger partial charge on any atom is -0.492 e. The van der Waals surface area contributed by atoms with Crippen molar-refractivity contribution in [1.82, 2.24) is 9.78 Å². The van der Waals surface area contributed by atoms with Crippen LogP contribution in [-0.4, -0.2) is 19.8 Å².